The van der Waals surface area contributed by atoms with E-state index in [0.29, 0.717) is 5.69 Å². The van der Waals surface area contributed by atoms with Gasteiger partial charge < -0.3 is 9.64 Å². The van der Waals surface area contributed by atoms with Gasteiger partial charge in [-0.05, 0) is 43.9 Å². The Labute approximate surface area is 147 Å². The lowest BCUT2D eigenvalue weighted by molar-refractivity contribution is 0.0732. The van der Waals surface area contributed by atoms with Gasteiger partial charge in [0.25, 0.3) is 5.91 Å². The van der Waals surface area contributed by atoms with Crippen molar-refractivity contribution < 1.29 is 9.53 Å². The van der Waals surface area contributed by atoms with Crippen molar-refractivity contribution in [3.05, 3.63) is 47.2 Å². The average Bonchev–Trinajstić information content (AvgIpc) is 3.43. The summed E-state index contributed by atoms with van der Waals surface area (Å²) in [5, 5.41) is 4.53. The van der Waals surface area contributed by atoms with Gasteiger partial charge in [0.1, 0.15) is 11.4 Å². The summed E-state index contributed by atoms with van der Waals surface area (Å²) in [4.78, 5) is 14.9. The van der Waals surface area contributed by atoms with Gasteiger partial charge in [0.2, 0.25) is 0 Å². The first-order valence-corrected chi connectivity index (χ1v) is 8.83. The average molecular weight is 337 g/mol. The molecule has 2 heterocycles. The molecule has 1 aliphatic carbocycles. The van der Waals surface area contributed by atoms with Crippen LogP contribution in [0.25, 0.3) is 11.3 Å². The van der Waals surface area contributed by atoms with Crippen LogP contribution in [0.3, 0.4) is 0 Å². The topological polar surface area (TPSA) is 47.4 Å². The first-order valence-electron chi connectivity index (χ1n) is 8.83. The van der Waals surface area contributed by atoms with Crippen LogP contribution in [0.5, 0.6) is 5.75 Å². The third-order valence-electron chi connectivity index (χ3n) is 5.12. The number of amides is 1. The number of allylic oxidation sites excluding steroid dienone is 1. The van der Waals surface area contributed by atoms with Crippen molar-refractivity contribution in [2.45, 2.75) is 25.7 Å². The van der Waals surface area contributed by atoms with Crippen LogP contribution in [0.15, 0.2) is 41.5 Å². The fourth-order valence-electron chi connectivity index (χ4n) is 3.50. The van der Waals surface area contributed by atoms with Crippen LogP contribution < -0.4 is 4.74 Å². The molecule has 1 saturated carbocycles. The van der Waals surface area contributed by atoms with Gasteiger partial charge in [-0.15, -0.1) is 0 Å². The van der Waals surface area contributed by atoms with Crippen LogP contribution in [0.1, 0.15) is 36.2 Å². The summed E-state index contributed by atoms with van der Waals surface area (Å²) >= 11 is 0. The van der Waals surface area contributed by atoms with Gasteiger partial charge in [-0.1, -0.05) is 23.3 Å². The summed E-state index contributed by atoms with van der Waals surface area (Å²) < 4.78 is 6.96. The second-order valence-corrected chi connectivity index (χ2v) is 6.77. The zero-order valence-corrected chi connectivity index (χ0v) is 14.8. The van der Waals surface area contributed by atoms with E-state index >= 15 is 0 Å². The molecule has 2 fully saturated rings. The minimum atomic E-state index is 0.0731. The molecule has 130 valence electrons. The van der Waals surface area contributed by atoms with Gasteiger partial charge in [0.15, 0.2) is 0 Å². The molecule has 4 rings (SSSR count). The van der Waals surface area contributed by atoms with E-state index in [1.807, 2.05) is 42.3 Å². The molecule has 25 heavy (non-hydrogen) atoms. The zero-order valence-electron chi connectivity index (χ0n) is 14.8. The molecule has 1 aliphatic heterocycles. The quantitative estimate of drug-likeness (QED) is 0.806. The minimum Gasteiger partial charge on any atom is -0.497 e. The SMILES string of the molecule is COc1cccc(-c2cc(C(=O)N3CCC(=C4CC4)CC3)n(C)n2)c1. The molecule has 0 unspecified atom stereocenters. The van der Waals surface area contributed by atoms with Crippen LogP contribution in [-0.4, -0.2) is 40.8 Å². The van der Waals surface area contributed by atoms with Gasteiger partial charge in [-0.25, -0.2) is 0 Å². The molecule has 5 nitrogen and oxygen atoms in total. The van der Waals surface area contributed by atoms with E-state index in [1.165, 1.54) is 12.8 Å². The van der Waals surface area contributed by atoms with Crippen molar-refractivity contribution in [3.63, 3.8) is 0 Å². The Bertz CT molecular complexity index is 834. The summed E-state index contributed by atoms with van der Waals surface area (Å²) in [5.74, 6) is 0.858. The van der Waals surface area contributed by atoms with Crippen molar-refractivity contribution in [3.8, 4) is 17.0 Å². The van der Waals surface area contributed by atoms with Crippen LogP contribution in [0.4, 0.5) is 0 Å². The number of rotatable bonds is 3. The van der Waals surface area contributed by atoms with E-state index in [4.69, 9.17) is 4.74 Å². The predicted molar refractivity (Wildman–Crippen MR) is 96.6 cm³/mol. The highest BCUT2D eigenvalue weighted by atomic mass is 16.5. The van der Waals surface area contributed by atoms with Crippen LogP contribution >= 0.6 is 0 Å². The van der Waals surface area contributed by atoms with Crippen molar-refractivity contribution in [1.82, 2.24) is 14.7 Å². The van der Waals surface area contributed by atoms with E-state index in [2.05, 4.69) is 5.10 Å². The number of aromatic nitrogens is 2. The molecule has 2 aliphatic rings. The Morgan fingerprint density at radius 2 is 1.80 bits per heavy atom. The fourth-order valence-corrected chi connectivity index (χ4v) is 3.50. The molecular formula is C20H23N3O2. The minimum absolute atomic E-state index is 0.0731. The van der Waals surface area contributed by atoms with E-state index < -0.39 is 0 Å². The molecule has 0 radical (unpaired) electrons. The normalized spacial score (nSPS) is 17.0. The third-order valence-corrected chi connectivity index (χ3v) is 5.12. The highest BCUT2D eigenvalue weighted by molar-refractivity contribution is 5.94. The predicted octanol–water partition coefficient (Wildman–Crippen LogP) is 3.42. The van der Waals surface area contributed by atoms with Crippen molar-refractivity contribution in [1.29, 1.82) is 0 Å². The monoisotopic (exact) mass is 337 g/mol. The Morgan fingerprint density at radius 1 is 1.08 bits per heavy atom. The molecule has 0 spiro atoms. The summed E-state index contributed by atoms with van der Waals surface area (Å²) in [7, 11) is 3.48. The smallest absolute Gasteiger partial charge is 0.272 e. The van der Waals surface area contributed by atoms with E-state index in [-0.39, 0.29) is 5.91 Å². The lowest BCUT2D eigenvalue weighted by Gasteiger charge is -2.28. The van der Waals surface area contributed by atoms with Gasteiger partial charge >= 0.3 is 0 Å². The maximum Gasteiger partial charge on any atom is 0.272 e. The summed E-state index contributed by atoms with van der Waals surface area (Å²) in [6, 6.07) is 9.63. The van der Waals surface area contributed by atoms with Crippen LogP contribution in [-0.2, 0) is 7.05 Å². The highest BCUT2D eigenvalue weighted by Gasteiger charge is 2.26. The van der Waals surface area contributed by atoms with Gasteiger partial charge in [-0.2, -0.15) is 5.10 Å². The molecule has 1 aromatic heterocycles. The van der Waals surface area contributed by atoms with Crippen LogP contribution in [0, 0.1) is 0 Å². The molecule has 5 heteroatoms. The second-order valence-electron chi connectivity index (χ2n) is 6.77. The maximum absolute atomic E-state index is 12.9. The van der Waals surface area contributed by atoms with E-state index in [0.717, 1.165) is 42.9 Å². The van der Waals surface area contributed by atoms with Gasteiger partial charge in [-0.3, -0.25) is 9.48 Å². The van der Waals surface area contributed by atoms with Gasteiger partial charge in [0.05, 0.1) is 12.8 Å². The summed E-state index contributed by atoms with van der Waals surface area (Å²) in [5.41, 5.74) is 5.61. The van der Waals surface area contributed by atoms with Crippen molar-refractivity contribution in [2.75, 3.05) is 20.2 Å². The lowest BCUT2D eigenvalue weighted by Crippen LogP contribution is -2.37. The first kappa shape index (κ1) is 15.9. The fraction of sp³-hybridized carbons (Fsp3) is 0.400. The number of hydrogen-bond donors (Lipinski definition) is 0. The molecule has 0 bridgehead atoms. The standard InChI is InChI=1S/C20H23N3O2/c1-22-19(13-18(21-22)16-4-3-5-17(12-16)25-2)20(24)23-10-8-15(9-11-23)14-6-7-14/h3-5,12-13H,6-11H2,1-2H3. The number of aryl methyl sites for hydroxylation is 1. The van der Waals surface area contributed by atoms with Crippen molar-refractivity contribution in [2.24, 2.45) is 7.05 Å². The largest absolute Gasteiger partial charge is 0.497 e. The molecule has 0 N–H and O–H groups in total. The molecule has 1 aromatic carbocycles. The number of hydrogen-bond acceptors (Lipinski definition) is 3. The van der Waals surface area contributed by atoms with Crippen molar-refractivity contribution >= 4 is 5.91 Å². The molecule has 1 saturated heterocycles. The number of benzene rings is 1. The Hall–Kier alpha value is -2.56. The van der Waals surface area contributed by atoms with Crippen LogP contribution in [0.2, 0.25) is 0 Å². The summed E-state index contributed by atoms with van der Waals surface area (Å²) in [6.45, 7) is 1.63. The molecule has 2 aromatic rings. The van der Waals surface area contributed by atoms with E-state index in [9.17, 15) is 4.79 Å². The Balaban J connectivity index is 1.53. The summed E-state index contributed by atoms with van der Waals surface area (Å²) in [6.07, 6.45) is 4.60. The maximum atomic E-state index is 12.9. The number of carbonyl (C=O) groups is 1. The third kappa shape index (κ3) is 3.18. The lowest BCUT2D eigenvalue weighted by atomic mass is 10.0. The highest BCUT2D eigenvalue weighted by Crippen LogP contribution is 2.36. The zero-order chi connectivity index (χ0) is 17.4. The number of methoxy groups -OCH3 is 1. The number of ether oxygens (including phenoxy) is 1. The number of nitrogens with zero attached hydrogens (tertiary/aromatic N) is 3. The number of carbonyl (C=O) groups excluding carboxylic acids is 1. The second kappa shape index (κ2) is 6.39. The Kier molecular flexibility index (Phi) is 4.07. The molecular weight excluding hydrogens is 314 g/mol. The molecule has 0 atom stereocenters. The Morgan fingerprint density at radius 3 is 2.48 bits per heavy atom. The first-order chi connectivity index (χ1) is 12.2. The molecule has 1 amide bonds. The van der Waals surface area contributed by atoms with E-state index in [1.54, 1.807) is 22.9 Å². The number of piperidine rings is 1. The number of likely N-dealkylation sites (tertiary alicyclic amines) is 1. The van der Waals surface area contributed by atoms with Gasteiger partial charge in [0, 0.05) is 25.7 Å².